The van der Waals surface area contributed by atoms with Gasteiger partial charge in [0.15, 0.2) is 5.78 Å². The van der Waals surface area contributed by atoms with Crippen molar-refractivity contribution in [2.75, 3.05) is 0 Å². The molecule has 4 heteroatoms. The molecule has 1 aromatic heterocycles. The quantitative estimate of drug-likeness (QED) is 0.653. The first-order valence-corrected chi connectivity index (χ1v) is 6.79. The predicted molar refractivity (Wildman–Crippen MR) is 79.3 cm³/mol. The van der Waals surface area contributed by atoms with Crippen LogP contribution in [0.25, 0.3) is 10.9 Å². The van der Waals surface area contributed by atoms with E-state index in [1.807, 2.05) is 18.2 Å². The van der Waals surface area contributed by atoms with Gasteiger partial charge in [-0.25, -0.2) is 4.39 Å². The molecule has 0 saturated heterocycles. The van der Waals surface area contributed by atoms with Crippen LogP contribution >= 0.6 is 15.9 Å². The lowest BCUT2D eigenvalue weighted by molar-refractivity contribution is 0.103. The zero-order chi connectivity index (χ0) is 14.1. The highest BCUT2D eigenvalue weighted by Crippen LogP contribution is 2.22. The van der Waals surface area contributed by atoms with Gasteiger partial charge in [0.1, 0.15) is 5.82 Å². The van der Waals surface area contributed by atoms with Crippen LogP contribution in [0.1, 0.15) is 15.9 Å². The van der Waals surface area contributed by atoms with Crippen LogP contribution in [0.2, 0.25) is 0 Å². The number of rotatable bonds is 2. The van der Waals surface area contributed by atoms with Gasteiger partial charge in [0, 0.05) is 17.1 Å². The summed E-state index contributed by atoms with van der Waals surface area (Å²) in [6, 6.07) is 13.6. The molecule has 3 aromatic rings. The van der Waals surface area contributed by atoms with E-state index >= 15 is 0 Å². The van der Waals surface area contributed by atoms with Crippen molar-refractivity contribution in [3.63, 3.8) is 0 Å². The van der Waals surface area contributed by atoms with Gasteiger partial charge in [0.2, 0.25) is 0 Å². The van der Waals surface area contributed by atoms with E-state index in [1.54, 1.807) is 30.5 Å². The summed E-state index contributed by atoms with van der Waals surface area (Å²) in [5, 5.41) is 0.943. The van der Waals surface area contributed by atoms with Crippen molar-refractivity contribution < 1.29 is 9.18 Å². The summed E-state index contributed by atoms with van der Waals surface area (Å²) in [5.74, 6) is -0.894. The number of benzene rings is 2. The van der Waals surface area contributed by atoms with E-state index in [9.17, 15) is 9.18 Å². The molecule has 0 spiro atoms. The first-order chi connectivity index (χ1) is 9.66. The Bertz CT molecular complexity index is 816. The zero-order valence-corrected chi connectivity index (χ0v) is 11.9. The van der Waals surface area contributed by atoms with Crippen LogP contribution in [0, 0.1) is 5.82 Å². The van der Waals surface area contributed by atoms with Gasteiger partial charge in [-0.05, 0) is 40.2 Å². The molecule has 98 valence electrons. The lowest BCUT2D eigenvalue weighted by Crippen LogP contribution is -2.04. The van der Waals surface area contributed by atoms with Crippen LogP contribution in [0.5, 0.6) is 0 Å². The van der Waals surface area contributed by atoms with Gasteiger partial charge in [0.25, 0.3) is 0 Å². The van der Waals surface area contributed by atoms with Gasteiger partial charge < -0.3 is 0 Å². The molecule has 0 aliphatic carbocycles. The maximum atomic E-state index is 14.0. The number of pyridine rings is 1. The fourth-order valence-corrected chi connectivity index (χ4v) is 2.41. The van der Waals surface area contributed by atoms with Crippen molar-refractivity contribution in [2.24, 2.45) is 0 Å². The van der Waals surface area contributed by atoms with Gasteiger partial charge in [-0.2, -0.15) is 0 Å². The lowest BCUT2D eigenvalue weighted by Gasteiger charge is -2.05. The Labute approximate surface area is 123 Å². The Morgan fingerprint density at radius 1 is 1.10 bits per heavy atom. The van der Waals surface area contributed by atoms with Gasteiger partial charge >= 0.3 is 0 Å². The third-order valence-electron chi connectivity index (χ3n) is 3.06. The summed E-state index contributed by atoms with van der Waals surface area (Å²) < 4.78 is 14.2. The third-order valence-corrected chi connectivity index (χ3v) is 3.68. The second-order valence-corrected chi connectivity index (χ2v) is 5.20. The highest BCUT2D eigenvalue weighted by molar-refractivity contribution is 9.10. The summed E-state index contributed by atoms with van der Waals surface area (Å²) in [6.07, 6.45) is 1.66. The lowest BCUT2D eigenvalue weighted by atomic mass is 10.0. The molecule has 0 bridgehead atoms. The Morgan fingerprint density at radius 3 is 2.80 bits per heavy atom. The van der Waals surface area contributed by atoms with Crippen LogP contribution < -0.4 is 0 Å². The Balaban J connectivity index is 2.10. The number of aromatic nitrogens is 1. The summed E-state index contributed by atoms with van der Waals surface area (Å²) in [6.45, 7) is 0. The summed E-state index contributed by atoms with van der Waals surface area (Å²) in [4.78, 5) is 16.6. The number of halogens is 2. The minimum Gasteiger partial charge on any atom is -0.288 e. The van der Waals surface area contributed by atoms with Crippen LogP contribution in [0.15, 0.2) is 59.2 Å². The van der Waals surface area contributed by atoms with E-state index in [1.165, 1.54) is 6.07 Å². The van der Waals surface area contributed by atoms with Crippen molar-refractivity contribution in [1.82, 2.24) is 4.98 Å². The average Bonchev–Trinajstić information content (AvgIpc) is 2.49. The number of carbonyl (C=O) groups is 1. The first kappa shape index (κ1) is 12.9. The largest absolute Gasteiger partial charge is 0.288 e. The fraction of sp³-hybridized carbons (Fsp3) is 0. The number of hydrogen-bond acceptors (Lipinski definition) is 2. The Hall–Kier alpha value is -2.07. The molecule has 0 aliphatic rings. The molecule has 2 nitrogen and oxygen atoms in total. The molecule has 0 unspecified atom stereocenters. The van der Waals surface area contributed by atoms with Crippen molar-refractivity contribution >= 4 is 32.6 Å². The van der Waals surface area contributed by atoms with Crippen LogP contribution in [0.3, 0.4) is 0 Å². The van der Waals surface area contributed by atoms with Crippen LogP contribution in [-0.4, -0.2) is 10.8 Å². The number of hydrogen-bond donors (Lipinski definition) is 0. The second kappa shape index (κ2) is 5.13. The molecule has 0 saturated carbocycles. The maximum Gasteiger partial charge on any atom is 0.196 e. The Morgan fingerprint density at radius 2 is 1.95 bits per heavy atom. The molecule has 0 fully saturated rings. The monoisotopic (exact) mass is 329 g/mol. The topological polar surface area (TPSA) is 30.0 Å². The zero-order valence-electron chi connectivity index (χ0n) is 10.3. The standard InChI is InChI=1S/C16H9BrFNO/c17-13-5-1-4-12(15(13)18)16(20)11-7-6-10-3-2-8-19-14(10)9-11/h1-9H. The van der Waals surface area contributed by atoms with E-state index < -0.39 is 5.82 Å². The van der Waals surface area contributed by atoms with Gasteiger partial charge in [0.05, 0.1) is 15.6 Å². The normalized spacial score (nSPS) is 10.7. The Kier molecular flexibility index (Phi) is 3.32. The van der Waals surface area contributed by atoms with Crippen molar-refractivity contribution in [3.05, 3.63) is 76.1 Å². The second-order valence-electron chi connectivity index (χ2n) is 4.34. The van der Waals surface area contributed by atoms with Crippen molar-refractivity contribution in [2.45, 2.75) is 0 Å². The summed E-state index contributed by atoms with van der Waals surface area (Å²) >= 11 is 3.09. The molecule has 2 aromatic carbocycles. The summed E-state index contributed by atoms with van der Waals surface area (Å²) in [5.41, 5.74) is 1.19. The molecule has 0 amide bonds. The number of nitrogens with zero attached hydrogens (tertiary/aromatic N) is 1. The molecule has 1 heterocycles. The average molecular weight is 330 g/mol. The predicted octanol–water partition coefficient (Wildman–Crippen LogP) is 4.37. The van der Waals surface area contributed by atoms with Gasteiger partial charge in [-0.15, -0.1) is 0 Å². The molecular weight excluding hydrogens is 321 g/mol. The van der Waals surface area contributed by atoms with Crippen LogP contribution in [-0.2, 0) is 0 Å². The minimum absolute atomic E-state index is 0.0506. The first-order valence-electron chi connectivity index (χ1n) is 6.00. The molecule has 0 radical (unpaired) electrons. The molecular formula is C16H9BrFNO. The fourth-order valence-electron chi connectivity index (χ4n) is 2.04. The minimum atomic E-state index is -0.543. The maximum absolute atomic E-state index is 14.0. The van der Waals surface area contributed by atoms with Crippen molar-refractivity contribution in [3.8, 4) is 0 Å². The number of ketones is 1. The van der Waals surface area contributed by atoms with Gasteiger partial charge in [-0.3, -0.25) is 9.78 Å². The SMILES string of the molecule is O=C(c1ccc2cccnc2c1)c1cccc(Br)c1F. The van der Waals surface area contributed by atoms with Crippen LogP contribution in [0.4, 0.5) is 4.39 Å². The van der Waals surface area contributed by atoms with E-state index in [0.717, 1.165) is 5.39 Å². The summed E-state index contributed by atoms with van der Waals surface area (Å²) in [7, 11) is 0. The molecule has 3 rings (SSSR count). The number of fused-ring (bicyclic) bond motifs is 1. The van der Waals surface area contributed by atoms with E-state index in [2.05, 4.69) is 20.9 Å². The molecule has 0 atom stereocenters. The molecule has 0 aliphatic heterocycles. The third kappa shape index (κ3) is 2.23. The van der Waals surface area contributed by atoms with E-state index in [0.29, 0.717) is 11.1 Å². The van der Waals surface area contributed by atoms with Crippen molar-refractivity contribution in [1.29, 1.82) is 0 Å². The molecule has 0 N–H and O–H groups in total. The molecule has 20 heavy (non-hydrogen) atoms. The van der Waals surface area contributed by atoms with E-state index in [4.69, 9.17) is 0 Å². The highest BCUT2D eigenvalue weighted by Gasteiger charge is 2.16. The van der Waals surface area contributed by atoms with Gasteiger partial charge in [-0.1, -0.05) is 24.3 Å². The van der Waals surface area contributed by atoms with E-state index in [-0.39, 0.29) is 15.8 Å². The number of carbonyl (C=O) groups excluding carboxylic acids is 1. The smallest absolute Gasteiger partial charge is 0.196 e. The highest BCUT2D eigenvalue weighted by atomic mass is 79.9.